The highest BCUT2D eigenvalue weighted by molar-refractivity contribution is 7.92. The minimum Gasteiger partial charge on any atom is -0.381 e. The first-order valence-electron chi connectivity index (χ1n) is 5.75. The Balaban J connectivity index is 2.44. The van der Waals surface area contributed by atoms with Gasteiger partial charge in [-0.1, -0.05) is 0 Å². The Labute approximate surface area is 98.7 Å². The van der Waals surface area contributed by atoms with Crippen molar-refractivity contribution in [1.29, 1.82) is 0 Å². The van der Waals surface area contributed by atoms with Crippen molar-refractivity contribution in [1.82, 2.24) is 5.32 Å². The van der Waals surface area contributed by atoms with Crippen molar-refractivity contribution in [2.45, 2.75) is 38.0 Å². The van der Waals surface area contributed by atoms with E-state index in [1.807, 2.05) is 0 Å². The fourth-order valence-corrected chi connectivity index (χ4v) is 2.00. The van der Waals surface area contributed by atoms with E-state index in [1.165, 1.54) is 6.26 Å². The summed E-state index contributed by atoms with van der Waals surface area (Å²) in [6, 6.07) is 0.309. The van der Waals surface area contributed by atoms with Gasteiger partial charge in [-0.2, -0.15) is 0 Å². The first-order chi connectivity index (χ1) is 7.24. The van der Waals surface area contributed by atoms with E-state index in [-0.39, 0.29) is 0 Å². The molecule has 2 unspecified atom stereocenters. The van der Waals surface area contributed by atoms with Crippen LogP contribution in [0.15, 0.2) is 0 Å². The van der Waals surface area contributed by atoms with Crippen molar-refractivity contribution in [2.24, 2.45) is 5.92 Å². The minimum atomic E-state index is -3.02. The monoisotopic (exact) mass is 249 g/mol. The lowest BCUT2D eigenvalue weighted by Crippen LogP contribution is -2.46. The molecule has 1 aliphatic heterocycles. The van der Waals surface area contributed by atoms with Gasteiger partial charge < -0.3 is 10.1 Å². The zero-order chi connectivity index (χ0) is 12.4. The molecule has 1 N–H and O–H groups in total. The molecule has 16 heavy (non-hydrogen) atoms. The summed E-state index contributed by atoms with van der Waals surface area (Å²) in [6.07, 6.45) is 2.35. The van der Waals surface area contributed by atoms with Crippen LogP contribution in [0.4, 0.5) is 0 Å². The molecule has 1 heterocycles. The van der Waals surface area contributed by atoms with Gasteiger partial charge in [0.25, 0.3) is 0 Å². The van der Waals surface area contributed by atoms with E-state index in [1.54, 1.807) is 13.8 Å². The van der Waals surface area contributed by atoms with Crippen LogP contribution in [0.5, 0.6) is 0 Å². The molecule has 0 aromatic rings. The van der Waals surface area contributed by atoms with Gasteiger partial charge in [-0.05, 0) is 33.1 Å². The molecule has 2 atom stereocenters. The van der Waals surface area contributed by atoms with Gasteiger partial charge in [0.2, 0.25) is 0 Å². The summed E-state index contributed by atoms with van der Waals surface area (Å²) < 4.78 is 27.7. The molecule has 5 heteroatoms. The second kappa shape index (κ2) is 5.02. The minimum absolute atomic E-state index is 0.309. The SMILES string of the molecule is CC(NCC(C)(C)S(C)(=O)=O)C1CCOC1. The van der Waals surface area contributed by atoms with E-state index in [0.29, 0.717) is 18.5 Å². The van der Waals surface area contributed by atoms with E-state index in [9.17, 15) is 8.42 Å². The second-order valence-corrected chi connectivity index (χ2v) is 7.97. The maximum absolute atomic E-state index is 11.5. The van der Waals surface area contributed by atoms with Crippen molar-refractivity contribution in [3.63, 3.8) is 0 Å². The van der Waals surface area contributed by atoms with Crippen LogP contribution in [0.1, 0.15) is 27.2 Å². The average molecular weight is 249 g/mol. The molecule has 1 fully saturated rings. The lowest BCUT2D eigenvalue weighted by Gasteiger charge is -2.27. The lowest BCUT2D eigenvalue weighted by molar-refractivity contribution is 0.178. The van der Waals surface area contributed by atoms with E-state index in [2.05, 4.69) is 12.2 Å². The van der Waals surface area contributed by atoms with Crippen LogP contribution >= 0.6 is 0 Å². The maximum atomic E-state index is 11.5. The first kappa shape index (κ1) is 13.9. The molecule has 1 saturated heterocycles. The predicted octanol–water partition coefficient (Wildman–Crippen LogP) is 0.824. The molecule has 0 aliphatic carbocycles. The Bertz CT molecular complexity index is 318. The van der Waals surface area contributed by atoms with Gasteiger partial charge in [0.1, 0.15) is 0 Å². The van der Waals surface area contributed by atoms with Crippen molar-refractivity contribution in [3.8, 4) is 0 Å². The lowest BCUT2D eigenvalue weighted by atomic mass is 10.0. The predicted molar refractivity (Wildman–Crippen MR) is 65.3 cm³/mol. The fourth-order valence-electron chi connectivity index (χ4n) is 1.65. The Morgan fingerprint density at radius 2 is 2.12 bits per heavy atom. The second-order valence-electron chi connectivity index (χ2n) is 5.33. The zero-order valence-electron chi connectivity index (χ0n) is 10.6. The molecule has 1 aliphatic rings. The molecular formula is C11H23NO3S. The third-order valence-corrected chi connectivity index (χ3v) is 5.68. The number of nitrogens with one attached hydrogen (secondary N) is 1. The average Bonchev–Trinajstić information content (AvgIpc) is 2.65. The molecule has 0 aromatic carbocycles. The highest BCUT2D eigenvalue weighted by atomic mass is 32.2. The van der Waals surface area contributed by atoms with Crippen LogP contribution in [-0.4, -0.2) is 45.2 Å². The van der Waals surface area contributed by atoms with E-state index >= 15 is 0 Å². The molecule has 96 valence electrons. The first-order valence-corrected chi connectivity index (χ1v) is 7.64. The van der Waals surface area contributed by atoms with Gasteiger partial charge in [0.05, 0.1) is 11.4 Å². The standard InChI is InChI=1S/C11H23NO3S/c1-9(10-5-6-15-7-10)12-8-11(2,3)16(4,13)14/h9-10,12H,5-8H2,1-4H3. The van der Waals surface area contributed by atoms with Crippen LogP contribution in [0.3, 0.4) is 0 Å². The van der Waals surface area contributed by atoms with Crippen molar-refractivity contribution in [2.75, 3.05) is 26.0 Å². The van der Waals surface area contributed by atoms with Crippen molar-refractivity contribution in [3.05, 3.63) is 0 Å². The summed E-state index contributed by atoms with van der Waals surface area (Å²) in [6.45, 7) is 7.71. The Kier molecular flexibility index (Phi) is 4.37. The summed E-state index contributed by atoms with van der Waals surface area (Å²) >= 11 is 0. The molecule has 1 rings (SSSR count). The van der Waals surface area contributed by atoms with E-state index in [0.717, 1.165) is 19.6 Å². The van der Waals surface area contributed by atoms with Crippen LogP contribution < -0.4 is 5.32 Å². The molecule has 0 amide bonds. The van der Waals surface area contributed by atoms with Crippen molar-refractivity contribution < 1.29 is 13.2 Å². The molecule has 0 spiro atoms. The van der Waals surface area contributed by atoms with Gasteiger partial charge in [-0.25, -0.2) is 8.42 Å². The van der Waals surface area contributed by atoms with Crippen LogP contribution in [0, 0.1) is 5.92 Å². The quantitative estimate of drug-likeness (QED) is 0.784. The van der Waals surface area contributed by atoms with Crippen molar-refractivity contribution >= 4 is 9.84 Å². The van der Waals surface area contributed by atoms with Gasteiger partial charge >= 0.3 is 0 Å². The molecule has 0 radical (unpaired) electrons. The number of hydrogen-bond acceptors (Lipinski definition) is 4. The topological polar surface area (TPSA) is 55.4 Å². The molecule has 0 aromatic heterocycles. The third kappa shape index (κ3) is 3.43. The number of rotatable bonds is 5. The smallest absolute Gasteiger partial charge is 0.153 e. The fraction of sp³-hybridized carbons (Fsp3) is 1.00. The van der Waals surface area contributed by atoms with Crippen LogP contribution in [0.25, 0.3) is 0 Å². The summed E-state index contributed by atoms with van der Waals surface area (Å²) in [5.41, 5.74) is 0. The summed E-state index contributed by atoms with van der Waals surface area (Å²) in [7, 11) is -3.02. The Morgan fingerprint density at radius 1 is 1.50 bits per heavy atom. The van der Waals surface area contributed by atoms with Crippen LogP contribution in [-0.2, 0) is 14.6 Å². The molecule has 0 saturated carbocycles. The summed E-state index contributed by atoms with van der Waals surface area (Å²) in [4.78, 5) is 0. The normalized spacial score (nSPS) is 24.6. The highest BCUT2D eigenvalue weighted by Gasteiger charge is 2.31. The Hall–Kier alpha value is -0.130. The van der Waals surface area contributed by atoms with Gasteiger partial charge in [0, 0.05) is 25.4 Å². The molecular weight excluding hydrogens is 226 g/mol. The summed E-state index contributed by atoms with van der Waals surface area (Å²) in [5.74, 6) is 0.510. The van der Waals surface area contributed by atoms with Gasteiger partial charge in [0.15, 0.2) is 9.84 Å². The third-order valence-electron chi connectivity index (χ3n) is 3.53. The molecule has 4 nitrogen and oxygen atoms in total. The Morgan fingerprint density at radius 3 is 2.56 bits per heavy atom. The number of hydrogen-bond donors (Lipinski definition) is 1. The van der Waals surface area contributed by atoms with Gasteiger partial charge in [-0.3, -0.25) is 0 Å². The number of sulfone groups is 1. The zero-order valence-corrected chi connectivity index (χ0v) is 11.4. The number of ether oxygens (including phenoxy) is 1. The molecule has 0 bridgehead atoms. The van der Waals surface area contributed by atoms with Crippen LogP contribution in [0.2, 0.25) is 0 Å². The largest absolute Gasteiger partial charge is 0.381 e. The highest BCUT2D eigenvalue weighted by Crippen LogP contribution is 2.18. The van der Waals surface area contributed by atoms with Gasteiger partial charge in [-0.15, -0.1) is 0 Å². The van der Waals surface area contributed by atoms with E-state index < -0.39 is 14.6 Å². The summed E-state index contributed by atoms with van der Waals surface area (Å²) in [5, 5.41) is 3.31. The van der Waals surface area contributed by atoms with E-state index in [4.69, 9.17) is 4.74 Å². The maximum Gasteiger partial charge on any atom is 0.153 e.